The number of nitrogens with zero attached hydrogens (tertiary/aromatic N) is 3. The summed E-state index contributed by atoms with van der Waals surface area (Å²) in [7, 11) is 2.06. The molecule has 0 aliphatic heterocycles. The first kappa shape index (κ1) is 13.1. The fourth-order valence-electron chi connectivity index (χ4n) is 2.37. The number of anilines is 1. The Morgan fingerprint density at radius 1 is 1.50 bits per heavy atom. The molecule has 0 bridgehead atoms. The maximum atomic E-state index is 5.88. The van der Waals surface area contributed by atoms with Gasteiger partial charge in [0, 0.05) is 19.6 Å². The number of aromatic nitrogens is 2. The molecule has 0 aromatic carbocycles. The lowest BCUT2D eigenvalue weighted by atomic mass is 10.1. The Bertz CT molecular complexity index is 406. The normalized spacial score (nSPS) is 16.4. The van der Waals surface area contributed by atoms with Gasteiger partial charge in [0.05, 0.1) is 12.2 Å². The summed E-state index contributed by atoms with van der Waals surface area (Å²) in [5, 5.41) is 0. The average Bonchev–Trinajstić information content (AvgIpc) is 3.17. The van der Waals surface area contributed by atoms with Gasteiger partial charge in [0.15, 0.2) is 0 Å². The highest BCUT2D eigenvalue weighted by Crippen LogP contribution is 2.36. The standard InChI is InChI=1S/C13H22N4O/c1-4-18-13-9(2)12(15-8-16-13)17(3)11(7-14)10-5-6-10/h8,10-11H,4-7,14H2,1-3H3. The highest BCUT2D eigenvalue weighted by atomic mass is 16.5. The molecule has 1 heterocycles. The molecular weight excluding hydrogens is 228 g/mol. The molecule has 0 radical (unpaired) electrons. The van der Waals surface area contributed by atoms with Crippen molar-refractivity contribution in [3.05, 3.63) is 11.9 Å². The topological polar surface area (TPSA) is 64.3 Å². The van der Waals surface area contributed by atoms with Gasteiger partial charge in [-0.25, -0.2) is 9.97 Å². The van der Waals surface area contributed by atoms with Crippen LogP contribution in [0.4, 0.5) is 5.82 Å². The molecule has 100 valence electrons. The second kappa shape index (κ2) is 5.52. The van der Waals surface area contributed by atoms with Crippen molar-refractivity contribution in [1.82, 2.24) is 9.97 Å². The summed E-state index contributed by atoms with van der Waals surface area (Å²) >= 11 is 0. The number of likely N-dealkylation sites (N-methyl/N-ethyl adjacent to an activating group) is 1. The first-order chi connectivity index (χ1) is 8.69. The fourth-order valence-corrected chi connectivity index (χ4v) is 2.37. The van der Waals surface area contributed by atoms with Gasteiger partial charge in [-0.15, -0.1) is 0 Å². The van der Waals surface area contributed by atoms with Gasteiger partial charge in [-0.3, -0.25) is 0 Å². The molecule has 5 nitrogen and oxygen atoms in total. The van der Waals surface area contributed by atoms with Crippen molar-refractivity contribution in [2.24, 2.45) is 11.7 Å². The van der Waals surface area contributed by atoms with Crippen LogP contribution >= 0.6 is 0 Å². The predicted octanol–water partition coefficient (Wildman–Crippen LogP) is 1.36. The molecule has 1 fully saturated rings. The number of rotatable bonds is 6. The molecule has 2 rings (SSSR count). The van der Waals surface area contributed by atoms with Crippen LogP contribution in [0.15, 0.2) is 6.33 Å². The lowest BCUT2D eigenvalue weighted by Crippen LogP contribution is -2.40. The van der Waals surface area contributed by atoms with Crippen LogP contribution in [0.2, 0.25) is 0 Å². The van der Waals surface area contributed by atoms with E-state index in [1.54, 1.807) is 6.33 Å². The van der Waals surface area contributed by atoms with E-state index in [0.29, 0.717) is 31.0 Å². The van der Waals surface area contributed by atoms with Crippen molar-refractivity contribution in [2.75, 3.05) is 25.1 Å². The zero-order valence-corrected chi connectivity index (χ0v) is 11.4. The van der Waals surface area contributed by atoms with Gasteiger partial charge in [-0.1, -0.05) is 0 Å². The van der Waals surface area contributed by atoms with E-state index in [-0.39, 0.29) is 0 Å². The Balaban J connectivity index is 2.23. The van der Waals surface area contributed by atoms with E-state index < -0.39 is 0 Å². The summed E-state index contributed by atoms with van der Waals surface area (Å²) < 4.78 is 5.51. The minimum atomic E-state index is 0.369. The molecule has 1 aliphatic rings. The molecule has 1 aromatic heterocycles. The zero-order valence-electron chi connectivity index (χ0n) is 11.4. The third kappa shape index (κ3) is 2.56. The van der Waals surface area contributed by atoms with E-state index in [9.17, 15) is 0 Å². The molecule has 5 heteroatoms. The largest absolute Gasteiger partial charge is 0.478 e. The molecule has 0 saturated heterocycles. The smallest absolute Gasteiger partial charge is 0.221 e. The molecule has 0 amide bonds. The molecule has 18 heavy (non-hydrogen) atoms. The third-order valence-electron chi connectivity index (χ3n) is 3.53. The molecule has 1 unspecified atom stereocenters. The Kier molecular flexibility index (Phi) is 4.01. The maximum Gasteiger partial charge on any atom is 0.221 e. The Hall–Kier alpha value is -1.36. The summed E-state index contributed by atoms with van der Waals surface area (Å²) in [6.45, 7) is 5.23. The van der Waals surface area contributed by atoms with E-state index in [1.807, 2.05) is 13.8 Å². The van der Waals surface area contributed by atoms with Crippen LogP contribution in [0.5, 0.6) is 5.88 Å². The van der Waals surface area contributed by atoms with Crippen LogP contribution < -0.4 is 15.4 Å². The van der Waals surface area contributed by atoms with Crippen molar-refractivity contribution in [3.63, 3.8) is 0 Å². The summed E-state index contributed by atoms with van der Waals surface area (Å²) in [5.74, 6) is 2.31. The second-order valence-corrected chi connectivity index (χ2v) is 4.81. The average molecular weight is 250 g/mol. The SMILES string of the molecule is CCOc1ncnc(N(C)C(CN)C2CC2)c1C. The van der Waals surface area contributed by atoms with Gasteiger partial charge < -0.3 is 15.4 Å². The van der Waals surface area contributed by atoms with Crippen LogP contribution in [0, 0.1) is 12.8 Å². The number of ether oxygens (including phenoxy) is 1. The van der Waals surface area contributed by atoms with Crippen LogP contribution in [-0.4, -0.2) is 36.2 Å². The Morgan fingerprint density at radius 3 is 2.78 bits per heavy atom. The van der Waals surface area contributed by atoms with Crippen molar-refractivity contribution >= 4 is 5.82 Å². The summed E-state index contributed by atoms with van der Waals surface area (Å²) in [5.41, 5.74) is 6.87. The van der Waals surface area contributed by atoms with Gasteiger partial charge in [-0.2, -0.15) is 0 Å². The van der Waals surface area contributed by atoms with E-state index in [0.717, 1.165) is 11.4 Å². The maximum absolute atomic E-state index is 5.88. The zero-order chi connectivity index (χ0) is 13.1. The van der Waals surface area contributed by atoms with Gasteiger partial charge in [0.25, 0.3) is 0 Å². The van der Waals surface area contributed by atoms with Crippen LogP contribution in [0.25, 0.3) is 0 Å². The highest BCUT2D eigenvalue weighted by molar-refractivity contribution is 5.50. The first-order valence-electron chi connectivity index (χ1n) is 6.56. The summed E-state index contributed by atoms with van der Waals surface area (Å²) in [6, 6.07) is 0.369. The van der Waals surface area contributed by atoms with Crippen LogP contribution in [0.1, 0.15) is 25.3 Å². The minimum absolute atomic E-state index is 0.369. The lowest BCUT2D eigenvalue weighted by molar-refractivity contribution is 0.323. The molecule has 1 aliphatic carbocycles. The molecule has 1 saturated carbocycles. The molecule has 0 spiro atoms. The monoisotopic (exact) mass is 250 g/mol. The van der Waals surface area contributed by atoms with Gasteiger partial charge in [-0.05, 0) is 32.6 Å². The van der Waals surface area contributed by atoms with E-state index >= 15 is 0 Å². The quantitative estimate of drug-likeness (QED) is 0.826. The molecular formula is C13H22N4O. The first-order valence-corrected chi connectivity index (χ1v) is 6.56. The minimum Gasteiger partial charge on any atom is -0.478 e. The lowest BCUT2D eigenvalue weighted by Gasteiger charge is -2.29. The number of hydrogen-bond donors (Lipinski definition) is 1. The van der Waals surface area contributed by atoms with Crippen molar-refractivity contribution in [3.8, 4) is 5.88 Å². The summed E-state index contributed by atoms with van der Waals surface area (Å²) in [4.78, 5) is 10.7. The summed E-state index contributed by atoms with van der Waals surface area (Å²) in [6.07, 6.45) is 4.10. The molecule has 2 N–H and O–H groups in total. The molecule has 1 aromatic rings. The van der Waals surface area contributed by atoms with Crippen molar-refractivity contribution < 1.29 is 4.74 Å². The fraction of sp³-hybridized carbons (Fsp3) is 0.692. The van der Waals surface area contributed by atoms with Crippen LogP contribution in [0.3, 0.4) is 0 Å². The van der Waals surface area contributed by atoms with E-state index in [2.05, 4.69) is 21.9 Å². The Labute approximate surface area is 108 Å². The Morgan fingerprint density at radius 2 is 2.22 bits per heavy atom. The second-order valence-electron chi connectivity index (χ2n) is 4.81. The van der Waals surface area contributed by atoms with Gasteiger partial charge in [0.2, 0.25) is 5.88 Å². The van der Waals surface area contributed by atoms with Gasteiger partial charge >= 0.3 is 0 Å². The number of nitrogens with two attached hydrogens (primary N) is 1. The van der Waals surface area contributed by atoms with Crippen molar-refractivity contribution in [2.45, 2.75) is 32.7 Å². The van der Waals surface area contributed by atoms with Gasteiger partial charge in [0.1, 0.15) is 12.1 Å². The predicted molar refractivity (Wildman–Crippen MR) is 71.9 cm³/mol. The van der Waals surface area contributed by atoms with E-state index in [1.165, 1.54) is 12.8 Å². The third-order valence-corrected chi connectivity index (χ3v) is 3.53. The van der Waals surface area contributed by atoms with Crippen molar-refractivity contribution in [1.29, 1.82) is 0 Å². The van der Waals surface area contributed by atoms with E-state index in [4.69, 9.17) is 10.5 Å². The number of hydrogen-bond acceptors (Lipinski definition) is 5. The van der Waals surface area contributed by atoms with Crippen LogP contribution in [-0.2, 0) is 0 Å². The molecule has 1 atom stereocenters. The highest BCUT2D eigenvalue weighted by Gasteiger charge is 2.34.